The smallest absolute Gasteiger partial charge is 0.130 e. The first kappa shape index (κ1) is 12.5. The van der Waals surface area contributed by atoms with Crippen LogP contribution in [0.4, 0.5) is 10.2 Å². The van der Waals surface area contributed by atoms with Crippen molar-refractivity contribution in [2.75, 3.05) is 5.32 Å². The Bertz CT molecular complexity index is 528. The predicted molar refractivity (Wildman–Crippen MR) is 69.8 cm³/mol. The number of nitrogens with zero attached hydrogens (tertiary/aromatic N) is 2. The molecule has 0 radical (unpaired) electrons. The fourth-order valence-corrected chi connectivity index (χ4v) is 1.75. The molecule has 0 saturated heterocycles. The van der Waals surface area contributed by atoms with Gasteiger partial charge in [0, 0.05) is 11.8 Å². The maximum atomic E-state index is 13.1. The molecule has 1 heterocycles. The molecule has 2 aromatic rings. The highest BCUT2D eigenvalue weighted by molar-refractivity contribution is 5.38. The second-order valence-corrected chi connectivity index (χ2v) is 4.17. The number of aryl methyl sites for hydroxylation is 1. The summed E-state index contributed by atoms with van der Waals surface area (Å²) in [5, 5.41) is 3.24. The summed E-state index contributed by atoms with van der Waals surface area (Å²) in [6.45, 7) is 4.02. The van der Waals surface area contributed by atoms with Gasteiger partial charge in [-0.15, -0.1) is 0 Å². The maximum Gasteiger partial charge on any atom is 0.130 e. The van der Waals surface area contributed by atoms with Crippen molar-refractivity contribution < 1.29 is 4.39 Å². The molecule has 4 heteroatoms. The van der Waals surface area contributed by atoms with Crippen molar-refractivity contribution in [2.45, 2.75) is 26.3 Å². The van der Waals surface area contributed by atoms with Gasteiger partial charge < -0.3 is 5.32 Å². The zero-order valence-corrected chi connectivity index (χ0v) is 10.5. The van der Waals surface area contributed by atoms with Gasteiger partial charge in [-0.05, 0) is 31.0 Å². The molecule has 1 unspecified atom stereocenters. The Morgan fingerprint density at radius 2 is 2.11 bits per heavy atom. The third-order valence-electron chi connectivity index (χ3n) is 2.80. The van der Waals surface area contributed by atoms with E-state index in [0.29, 0.717) is 0 Å². The van der Waals surface area contributed by atoms with Crippen molar-refractivity contribution in [3.05, 3.63) is 53.7 Å². The quantitative estimate of drug-likeness (QED) is 0.897. The number of rotatable bonds is 4. The molecule has 1 aromatic heterocycles. The SMILES string of the molecule is CCc1cc(NC(C)c2cccc(F)c2)ncn1. The maximum absolute atomic E-state index is 13.1. The lowest BCUT2D eigenvalue weighted by Crippen LogP contribution is -2.08. The molecule has 0 aliphatic rings. The number of nitrogens with one attached hydrogen (secondary N) is 1. The van der Waals surface area contributed by atoms with Gasteiger partial charge in [-0.3, -0.25) is 0 Å². The number of halogens is 1. The largest absolute Gasteiger partial charge is 0.363 e. The van der Waals surface area contributed by atoms with Crippen LogP contribution in [0.3, 0.4) is 0 Å². The highest BCUT2D eigenvalue weighted by atomic mass is 19.1. The summed E-state index contributed by atoms with van der Waals surface area (Å²) in [5.74, 6) is 0.539. The normalized spacial score (nSPS) is 12.2. The van der Waals surface area contributed by atoms with E-state index in [1.165, 1.54) is 12.1 Å². The zero-order valence-electron chi connectivity index (χ0n) is 10.5. The van der Waals surface area contributed by atoms with Gasteiger partial charge in [0.25, 0.3) is 0 Å². The van der Waals surface area contributed by atoms with Crippen LogP contribution in [-0.4, -0.2) is 9.97 Å². The van der Waals surface area contributed by atoms with Gasteiger partial charge in [0.15, 0.2) is 0 Å². The van der Waals surface area contributed by atoms with Crippen LogP contribution >= 0.6 is 0 Å². The lowest BCUT2D eigenvalue weighted by molar-refractivity contribution is 0.623. The van der Waals surface area contributed by atoms with E-state index in [1.807, 2.05) is 26.0 Å². The van der Waals surface area contributed by atoms with Crippen molar-refractivity contribution in [3.63, 3.8) is 0 Å². The Kier molecular flexibility index (Phi) is 3.87. The van der Waals surface area contributed by atoms with Gasteiger partial charge in [-0.1, -0.05) is 19.1 Å². The van der Waals surface area contributed by atoms with Gasteiger partial charge >= 0.3 is 0 Å². The molecule has 18 heavy (non-hydrogen) atoms. The number of hydrogen-bond donors (Lipinski definition) is 1. The van der Waals surface area contributed by atoms with E-state index in [0.717, 1.165) is 23.5 Å². The van der Waals surface area contributed by atoms with Crippen LogP contribution in [0, 0.1) is 5.82 Å². The molecule has 2 rings (SSSR count). The molecule has 1 N–H and O–H groups in total. The minimum Gasteiger partial charge on any atom is -0.363 e. The molecular formula is C14H16FN3. The molecule has 1 aromatic carbocycles. The Morgan fingerprint density at radius 3 is 2.83 bits per heavy atom. The molecule has 3 nitrogen and oxygen atoms in total. The summed E-state index contributed by atoms with van der Waals surface area (Å²) in [4.78, 5) is 8.30. The van der Waals surface area contributed by atoms with Gasteiger partial charge in [-0.25, -0.2) is 14.4 Å². The van der Waals surface area contributed by atoms with Gasteiger partial charge in [0.2, 0.25) is 0 Å². The van der Waals surface area contributed by atoms with Crippen LogP contribution in [0.25, 0.3) is 0 Å². The first-order valence-corrected chi connectivity index (χ1v) is 6.02. The third-order valence-corrected chi connectivity index (χ3v) is 2.80. The summed E-state index contributed by atoms with van der Waals surface area (Å²) < 4.78 is 13.1. The molecule has 0 aliphatic heterocycles. The third kappa shape index (κ3) is 3.03. The van der Waals surface area contributed by atoms with Crippen LogP contribution in [-0.2, 0) is 6.42 Å². The first-order valence-electron chi connectivity index (χ1n) is 6.02. The fraction of sp³-hybridized carbons (Fsp3) is 0.286. The molecule has 94 valence electrons. The van der Waals surface area contributed by atoms with E-state index < -0.39 is 0 Å². The van der Waals surface area contributed by atoms with Crippen LogP contribution in [0.2, 0.25) is 0 Å². The fourth-order valence-electron chi connectivity index (χ4n) is 1.75. The molecule has 0 bridgehead atoms. The first-order chi connectivity index (χ1) is 8.69. The minimum absolute atomic E-state index is 0.000283. The average molecular weight is 245 g/mol. The van der Waals surface area contributed by atoms with E-state index in [1.54, 1.807) is 12.4 Å². The molecular weight excluding hydrogens is 229 g/mol. The number of benzene rings is 1. The lowest BCUT2D eigenvalue weighted by atomic mass is 10.1. The van der Waals surface area contributed by atoms with Crippen LogP contribution in [0.5, 0.6) is 0 Å². The van der Waals surface area contributed by atoms with Crippen LogP contribution in [0.1, 0.15) is 31.1 Å². The summed E-state index contributed by atoms with van der Waals surface area (Å²) in [5.41, 5.74) is 1.88. The van der Waals surface area contributed by atoms with Gasteiger partial charge in [0.05, 0.1) is 6.04 Å². The summed E-state index contributed by atoms with van der Waals surface area (Å²) in [6.07, 6.45) is 2.41. The van der Waals surface area contributed by atoms with E-state index in [9.17, 15) is 4.39 Å². The second-order valence-electron chi connectivity index (χ2n) is 4.17. The molecule has 0 spiro atoms. The zero-order chi connectivity index (χ0) is 13.0. The molecule has 0 amide bonds. The van der Waals surface area contributed by atoms with Crippen molar-refractivity contribution in [2.24, 2.45) is 0 Å². The van der Waals surface area contributed by atoms with E-state index in [-0.39, 0.29) is 11.9 Å². The van der Waals surface area contributed by atoms with Crippen LogP contribution < -0.4 is 5.32 Å². The summed E-state index contributed by atoms with van der Waals surface area (Å²) >= 11 is 0. The Labute approximate surface area is 106 Å². The minimum atomic E-state index is -0.224. The Hall–Kier alpha value is -1.97. The second kappa shape index (κ2) is 5.58. The number of anilines is 1. The summed E-state index contributed by atoms with van der Waals surface area (Å²) in [7, 11) is 0. The van der Waals surface area contributed by atoms with Crippen molar-refractivity contribution in [1.82, 2.24) is 9.97 Å². The molecule has 0 saturated carbocycles. The van der Waals surface area contributed by atoms with Gasteiger partial charge in [0.1, 0.15) is 18.0 Å². The number of aromatic nitrogens is 2. The van der Waals surface area contributed by atoms with Crippen LogP contribution in [0.15, 0.2) is 36.7 Å². The van der Waals surface area contributed by atoms with Crippen molar-refractivity contribution in [1.29, 1.82) is 0 Å². The standard InChI is InChI=1S/C14H16FN3/c1-3-13-8-14(17-9-16-13)18-10(2)11-5-4-6-12(15)7-11/h4-10H,3H2,1-2H3,(H,16,17,18). The molecule has 1 atom stereocenters. The van der Waals surface area contributed by atoms with E-state index >= 15 is 0 Å². The highest BCUT2D eigenvalue weighted by Crippen LogP contribution is 2.18. The summed E-state index contributed by atoms with van der Waals surface area (Å²) in [6, 6.07) is 8.48. The highest BCUT2D eigenvalue weighted by Gasteiger charge is 2.07. The van der Waals surface area contributed by atoms with E-state index in [4.69, 9.17) is 0 Å². The number of hydrogen-bond acceptors (Lipinski definition) is 3. The van der Waals surface area contributed by atoms with Gasteiger partial charge in [-0.2, -0.15) is 0 Å². The monoisotopic (exact) mass is 245 g/mol. The Balaban J connectivity index is 2.13. The average Bonchev–Trinajstić information content (AvgIpc) is 2.39. The van der Waals surface area contributed by atoms with Crippen molar-refractivity contribution in [3.8, 4) is 0 Å². The van der Waals surface area contributed by atoms with Crippen molar-refractivity contribution >= 4 is 5.82 Å². The topological polar surface area (TPSA) is 37.8 Å². The molecule has 0 aliphatic carbocycles. The Morgan fingerprint density at radius 1 is 1.28 bits per heavy atom. The predicted octanol–water partition coefficient (Wildman–Crippen LogP) is 3.35. The van der Waals surface area contributed by atoms with E-state index in [2.05, 4.69) is 15.3 Å². The molecule has 0 fully saturated rings. The lowest BCUT2D eigenvalue weighted by Gasteiger charge is -2.15.